The standard InChI is InChI=1S/C27H35N3O4/c1-33-24-13-7-8-20(18-24)19-29-26(28)30-16-14-23(15-17-30)34-25(31)27(32,22-11-5-6-12-22)21-9-3-2-4-10-21/h2-4,7-10,13,18,22-23,32H,5-6,11-12,14-17,19H2,1H3,(H2,28,29)/t27-/m0/s1. The molecule has 34 heavy (non-hydrogen) atoms. The van der Waals surface area contributed by atoms with Crippen molar-refractivity contribution in [2.45, 2.75) is 56.8 Å². The number of ether oxygens (including phenoxy) is 2. The molecule has 7 heteroatoms. The number of methoxy groups -OCH3 is 1. The van der Waals surface area contributed by atoms with Gasteiger partial charge in [0.05, 0.1) is 13.7 Å². The van der Waals surface area contributed by atoms with E-state index in [9.17, 15) is 9.90 Å². The lowest BCUT2D eigenvalue weighted by molar-refractivity contribution is -0.181. The molecular weight excluding hydrogens is 430 g/mol. The summed E-state index contributed by atoms with van der Waals surface area (Å²) in [5.74, 6) is 0.645. The van der Waals surface area contributed by atoms with Crippen molar-refractivity contribution in [3.8, 4) is 5.75 Å². The number of guanidine groups is 1. The van der Waals surface area contributed by atoms with Crippen molar-refractivity contribution < 1.29 is 19.4 Å². The third kappa shape index (κ3) is 5.36. The first-order chi connectivity index (χ1) is 16.5. The van der Waals surface area contributed by atoms with Gasteiger partial charge in [-0.3, -0.25) is 0 Å². The van der Waals surface area contributed by atoms with E-state index in [-0.39, 0.29) is 12.0 Å². The maximum Gasteiger partial charge on any atom is 0.343 e. The molecule has 1 heterocycles. The molecule has 0 spiro atoms. The molecule has 0 amide bonds. The third-order valence-corrected chi connectivity index (χ3v) is 7.07. The van der Waals surface area contributed by atoms with Crippen molar-refractivity contribution in [3.05, 3.63) is 65.7 Å². The fraction of sp³-hybridized carbons (Fsp3) is 0.481. The average Bonchev–Trinajstić information content (AvgIpc) is 3.43. The first-order valence-corrected chi connectivity index (χ1v) is 12.2. The van der Waals surface area contributed by atoms with Crippen LogP contribution in [0.4, 0.5) is 0 Å². The zero-order valence-electron chi connectivity index (χ0n) is 19.9. The molecule has 1 saturated heterocycles. The highest BCUT2D eigenvalue weighted by molar-refractivity contribution is 5.82. The number of hydrogen-bond donors (Lipinski definition) is 2. The van der Waals surface area contributed by atoms with E-state index in [1.165, 1.54) is 0 Å². The van der Waals surface area contributed by atoms with Gasteiger partial charge in [-0.15, -0.1) is 0 Å². The molecule has 0 bridgehead atoms. The number of piperidine rings is 1. The number of carbonyl (C=O) groups is 1. The van der Waals surface area contributed by atoms with Crippen LogP contribution < -0.4 is 10.5 Å². The second kappa shape index (κ2) is 10.9. The Kier molecular flexibility index (Phi) is 7.73. The van der Waals surface area contributed by atoms with Gasteiger partial charge in [-0.25, -0.2) is 9.79 Å². The molecule has 1 atom stereocenters. The third-order valence-electron chi connectivity index (χ3n) is 7.07. The summed E-state index contributed by atoms with van der Waals surface area (Å²) in [4.78, 5) is 19.8. The molecule has 182 valence electrons. The van der Waals surface area contributed by atoms with E-state index in [2.05, 4.69) is 4.99 Å². The summed E-state index contributed by atoms with van der Waals surface area (Å²) in [5.41, 5.74) is 6.30. The van der Waals surface area contributed by atoms with Crippen molar-refractivity contribution in [1.82, 2.24) is 4.90 Å². The van der Waals surface area contributed by atoms with Crippen LogP contribution in [0.2, 0.25) is 0 Å². The molecule has 2 fully saturated rings. The number of nitrogens with two attached hydrogens (primary N) is 1. The number of benzene rings is 2. The van der Waals surface area contributed by atoms with Crippen LogP contribution in [0.25, 0.3) is 0 Å². The van der Waals surface area contributed by atoms with Crippen LogP contribution in [-0.4, -0.2) is 48.2 Å². The van der Waals surface area contributed by atoms with Gasteiger partial charge in [0.25, 0.3) is 0 Å². The quantitative estimate of drug-likeness (QED) is 0.368. The topological polar surface area (TPSA) is 97.4 Å². The fourth-order valence-corrected chi connectivity index (χ4v) is 5.04. The highest BCUT2D eigenvalue weighted by Crippen LogP contribution is 2.42. The minimum Gasteiger partial charge on any atom is -0.497 e. The first-order valence-electron chi connectivity index (χ1n) is 12.2. The lowest BCUT2D eigenvalue weighted by Gasteiger charge is -2.36. The number of aliphatic imine (C=N–C) groups is 1. The van der Waals surface area contributed by atoms with Gasteiger partial charge in [0.15, 0.2) is 11.6 Å². The largest absolute Gasteiger partial charge is 0.497 e. The van der Waals surface area contributed by atoms with Crippen molar-refractivity contribution in [3.63, 3.8) is 0 Å². The minimum absolute atomic E-state index is 0.109. The Bertz CT molecular complexity index is 982. The second-order valence-corrected chi connectivity index (χ2v) is 9.23. The Balaban J connectivity index is 1.35. The van der Waals surface area contributed by atoms with Crippen LogP contribution in [0, 0.1) is 5.92 Å². The number of likely N-dealkylation sites (tertiary alicyclic amines) is 1. The monoisotopic (exact) mass is 465 g/mol. The normalized spacial score (nSPS) is 19.6. The molecule has 1 saturated carbocycles. The van der Waals surface area contributed by atoms with E-state index in [1.54, 1.807) is 7.11 Å². The molecule has 3 N–H and O–H groups in total. The van der Waals surface area contributed by atoms with Crippen LogP contribution in [0.1, 0.15) is 49.7 Å². The van der Waals surface area contributed by atoms with Gasteiger partial charge in [-0.1, -0.05) is 55.3 Å². The fourth-order valence-electron chi connectivity index (χ4n) is 5.04. The van der Waals surface area contributed by atoms with Crippen LogP contribution in [-0.2, 0) is 21.7 Å². The zero-order chi connectivity index (χ0) is 24.0. The van der Waals surface area contributed by atoms with E-state index in [0.717, 1.165) is 37.0 Å². The summed E-state index contributed by atoms with van der Waals surface area (Å²) in [7, 11) is 1.64. The molecular formula is C27H35N3O4. The maximum atomic E-state index is 13.3. The van der Waals surface area contributed by atoms with Gasteiger partial charge in [-0.05, 0) is 36.1 Å². The molecule has 7 nitrogen and oxygen atoms in total. The Morgan fingerprint density at radius 1 is 1.09 bits per heavy atom. The molecule has 0 radical (unpaired) electrons. The van der Waals surface area contributed by atoms with Crippen molar-refractivity contribution in [2.75, 3.05) is 20.2 Å². The van der Waals surface area contributed by atoms with Crippen LogP contribution in [0.3, 0.4) is 0 Å². The van der Waals surface area contributed by atoms with E-state index in [0.29, 0.717) is 44.0 Å². The van der Waals surface area contributed by atoms with E-state index in [4.69, 9.17) is 15.2 Å². The Morgan fingerprint density at radius 2 is 1.79 bits per heavy atom. The van der Waals surface area contributed by atoms with Crippen molar-refractivity contribution in [2.24, 2.45) is 16.6 Å². The predicted octanol–water partition coefficient (Wildman–Crippen LogP) is 3.60. The molecule has 2 aromatic carbocycles. The number of aliphatic hydroxyl groups is 1. The summed E-state index contributed by atoms with van der Waals surface area (Å²) >= 11 is 0. The molecule has 0 aromatic heterocycles. The van der Waals surface area contributed by atoms with E-state index in [1.807, 2.05) is 59.5 Å². The lowest BCUT2D eigenvalue weighted by Crippen LogP contribution is -2.48. The van der Waals surface area contributed by atoms with E-state index >= 15 is 0 Å². The lowest BCUT2D eigenvalue weighted by atomic mass is 9.80. The number of rotatable bonds is 7. The highest BCUT2D eigenvalue weighted by atomic mass is 16.6. The second-order valence-electron chi connectivity index (χ2n) is 9.23. The number of esters is 1. The molecule has 0 unspecified atom stereocenters. The van der Waals surface area contributed by atoms with Gasteiger partial charge in [-0.2, -0.15) is 0 Å². The predicted molar refractivity (Wildman–Crippen MR) is 131 cm³/mol. The molecule has 1 aliphatic heterocycles. The van der Waals surface area contributed by atoms with Gasteiger partial charge in [0, 0.05) is 31.8 Å². The number of hydrogen-bond acceptors (Lipinski definition) is 5. The van der Waals surface area contributed by atoms with Gasteiger partial charge in [0.2, 0.25) is 0 Å². The summed E-state index contributed by atoms with van der Waals surface area (Å²) < 4.78 is 11.2. The zero-order valence-corrected chi connectivity index (χ0v) is 19.9. The summed E-state index contributed by atoms with van der Waals surface area (Å²) in [6, 6.07) is 17.0. The van der Waals surface area contributed by atoms with Crippen LogP contribution in [0.15, 0.2) is 59.6 Å². The van der Waals surface area contributed by atoms with Crippen molar-refractivity contribution in [1.29, 1.82) is 0 Å². The summed E-state index contributed by atoms with van der Waals surface area (Å²) in [6.07, 6.45) is 4.78. The molecule has 1 aliphatic carbocycles. The number of carbonyl (C=O) groups excluding carboxylic acids is 1. The first kappa shape index (κ1) is 24.1. The molecule has 4 rings (SSSR count). The van der Waals surface area contributed by atoms with Crippen molar-refractivity contribution >= 4 is 11.9 Å². The Morgan fingerprint density at radius 3 is 2.47 bits per heavy atom. The summed E-state index contributed by atoms with van der Waals surface area (Å²) in [6.45, 7) is 1.78. The minimum atomic E-state index is -1.59. The molecule has 2 aromatic rings. The van der Waals surface area contributed by atoms with Gasteiger partial charge < -0.3 is 25.2 Å². The number of nitrogens with zero attached hydrogens (tertiary/aromatic N) is 2. The maximum absolute atomic E-state index is 13.3. The Labute approximate surface area is 201 Å². The van der Waals surface area contributed by atoms with Gasteiger partial charge in [0.1, 0.15) is 11.9 Å². The SMILES string of the molecule is COc1cccc(CN=C(N)N2CCC(OC(=O)[C@](O)(c3ccccc3)C3CCCC3)CC2)c1. The van der Waals surface area contributed by atoms with Crippen LogP contribution >= 0.6 is 0 Å². The average molecular weight is 466 g/mol. The van der Waals surface area contributed by atoms with Crippen LogP contribution in [0.5, 0.6) is 5.75 Å². The Hall–Kier alpha value is -3.06. The smallest absolute Gasteiger partial charge is 0.343 e. The van der Waals surface area contributed by atoms with Gasteiger partial charge >= 0.3 is 5.97 Å². The highest BCUT2D eigenvalue weighted by Gasteiger charge is 2.48. The van der Waals surface area contributed by atoms with E-state index < -0.39 is 11.6 Å². The summed E-state index contributed by atoms with van der Waals surface area (Å²) in [5, 5.41) is 11.6. The molecule has 2 aliphatic rings.